The minimum absolute atomic E-state index is 0.960. The number of hydrogen-bond donors (Lipinski definition) is 1. The zero-order valence-electron chi connectivity index (χ0n) is 8.61. The maximum absolute atomic E-state index is 3.41. The summed E-state index contributed by atoms with van der Waals surface area (Å²) in [5.74, 6) is 0. The van der Waals surface area contributed by atoms with Crippen LogP contribution in [0.1, 0.15) is 11.1 Å². The van der Waals surface area contributed by atoms with E-state index in [-0.39, 0.29) is 0 Å². The fourth-order valence-corrected chi connectivity index (χ4v) is 2.12. The third-order valence-electron chi connectivity index (χ3n) is 2.92. The molecule has 0 bridgehead atoms. The molecule has 1 aliphatic heterocycles. The molecule has 1 N–H and O–H groups in total. The van der Waals surface area contributed by atoms with Gasteiger partial charge in [-0.1, -0.05) is 12.1 Å². The van der Waals surface area contributed by atoms with Crippen LogP contribution in [0.15, 0.2) is 42.7 Å². The van der Waals surface area contributed by atoms with Crippen LogP contribution in [0.4, 0.5) is 5.69 Å². The van der Waals surface area contributed by atoms with Crippen LogP contribution in [0.3, 0.4) is 0 Å². The Kier molecular flexibility index (Phi) is 1.98. The van der Waals surface area contributed by atoms with E-state index in [0.29, 0.717) is 0 Å². The average Bonchev–Trinajstić information content (AvgIpc) is 2.87. The Bertz CT molecular complexity index is 457. The molecule has 2 nitrogen and oxygen atoms in total. The second kappa shape index (κ2) is 3.46. The minimum atomic E-state index is 0.960. The number of nitrogens with one attached hydrogen (secondary N) is 1. The molecule has 2 heterocycles. The lowest BCUT2D eigenvalue weighted by molar-refractivity contribution is 0.806. The SMILES string of the molecule is c1ccn(Cc2ccc3c(c2)NCC3)c1. The summed E-state index contributed by atoms with van der Waals surface area (Å²) in [4.78, 5) is 0. The number of nitrogens with zero attached hydrogens (tertiary/aromatic N) is 1. The van der Waals surface area contributed by atoms with E-state index in [9.17, 15) is 0 Å². The topological polar surface area (TPSA) is 17.0 Å². The molecule has 0 saturated carbocycles. The van der Waals surface area contributed by atoms with E-state index in [1.54, 1.807) is 0 Å². The molecule has 0 amide bonds. The fraction of sp³-hybridized carbons (Fsp3) is 0.231. The summed E-state index contributed by atoms with van der Waals surface area (Å²) in [7, 11) is 0. The van der Waals surface area contributed by atoms with E-state index in [0.717, 1.165) is 13.1 Å². The summed E-state index contributed by atoms with van der Waals surface area (Å²) >= 11 is 0. The van der Waals surface area contributed by atoms with Crippen molar-refractivity contribution in [1.82, 2.24) is 4.57 Å². The first-order valence-corrected chi connectivity index (χ1v) is 5.38. The number of aromatic nitrogens is 1. The van der Waals surface area contributed by atoms with Crippen LogP contribution in [0, 0.1) is 0 Å². The molecular formula is C13H14N2. The van der Waals surface area contributed by atoms with Crippen molar-refractivity contribution in [3.8, 4) is 0 Å². The van der Waals surface area contributed by atoms with Crippen molar-refractivity contribution >= 4 is 5.69 Å². The third-order valence-corrected chi connectivity index (χ3v) is 2.92. The Morgan fingerprint density at radius 3 is 2.93 bits per heavy atom. The van der Waals surface area contributed by atoms with Crippen molar-refractivity contribution in [1.29, 1.82) is 0 Å². The number of benzene rings is 1. The van der Waals surface area contributed by atoms with Crippen molar-refractivity contribution in [3.63, 3.8) is 0 Å². The van der Waals surface area contributed by atoms with Gasteiger partial charge in [-0.15, -0.1) is 0 Å². The van der Waals surface area contributed by atoms with Crippen molar-refractivity contribution in [3.05, 3.63) is 53.9 Å². The lowest BCUT2D eigenvalue weighted by Gasteiger charge is -2.06. The molecule has 0 aliphatic carbocycles. The standard InChI is InChI=1S/C13H14N2/c1-2-8-15(7-1)10-11-3-4-12-5-6-14-13(12)9-11/h1-4,7-9,14H,5-6,10H2. The monoisotopic (exact) mass is 198 g/mol. The van der Waals surface area contributed by atoms with Gasteiger partial charge in [0.15, 0.2) is 0 Å². The van der Waals surface area contributed by atoms with Crippen LogP contribution in [-0.4, -0.2) is 11.1 Å². The molecule has 1 aromatic heterocycles. The summed E-state index contributed by atoms with van der Waals surface area (Å²) < 4.78 is 2.19. The van der Waals surface area contributed by atoms with Crippen LogP contribution in [0.2, 0.25) is 0 Å². The van der Waals surface area contributed by atoms with Gasteiger partial charge < -0.3 is 9.88 Å². The highest BCUT2D eigenvalue weighted by molar-refractivity contribution is 5.57. The smallest absolute Gasteiger partial charge is 0.0470 e. The van der Waals surface area contributed by atoms with Gasteiger partial charge in [0.05, 0.1) is 0 Å². The highest BCUT2D eigenvalue weighted by Crippen LogP contribution is 2.23. The molecule has 0 spiro atoms. The van der Waals surface area contributed by atoms with E-state index in [4.69, 9.17) is 0 Å². The Balaban J connectivity index is 1.87. The molecule has 0 atom stereocenters. The zero-order chi connectivity index (χ0) is 10.1. The van der Waals surface area contributed by atoms with Crippen molar-refractivity contribution in [2.75, 3.05) is 11.9 Å². The number of hydrogen-bond acceptors (Lipinski definition) is 1. The lowest BCUT2D eigenvalue weighted by atomic mass is 10.1. The molecule has 0 saturated heterocycles. The number of rotatable bonds is 2. The van der Waals surface area contributed by atoms with Crippen molar-refractivity contribution < 1.29 is 0 Å². The van der Waals surface area contributed by atoms with Gasteiger partial charge in [0.2, 0.25) is 0 Å². The molecule has 0 unspecified atom stereocenters. The normalized spacial score (nSPS) is 13.6. The molecule has 3 rings (SSSR count). The fourth-order valence-electron chi connectivity index (χ4n) is 2.12. The van der Waals surface area contributed by atoms with Gasteiger partial charge in [0.25, 0.3) is 0 Å². The van der Waals surface area contributed by atoms with E-state index in [1.165, 1.54) is 23.2 Å². The largest absolute Gasteiger partial charge is 0.384 e. The van der Waals surface area contributed by atoms with Gasteiger partial charge in [0, 0.05) is 31.2 Å². The predicted molar refractivity (Wildman–Crippen MR) is 62.2 cm³/mol. The molecule has 2 heteroatoms. The highest BCUT2D eigenvalue weighted by Gasteiger charge is 2.09. The quantitative estimate of drug-likeness (QED) is 0.784. The number of anilines is 1. The second-order valence-electron chi connectivity index (χ2n) is 4.02. The minimum Gasteiger partial charge on any atom is -0.384 e. The summed E-state index contributed by atoms with van der Waals surface area (Å²) in [5.41, 5.74) is 4.13. The Morgan fingerprint density at radius 2 is 2.07 bits per heavy atom. The molecule has 1 aliphatic rings. The maximum atomic E-state index is 3.41. The van der Waals surface area contributed by atoms with E-state index >= 15 is 0 Å². The maximum Gasteiger partial charge on any atom is 0.0470 e. The van der Waals surface area contributed by atoms with Gasteiger partial charge in [-0.05, 0) is 35.7 Å². The third kappa shape index (κ3) is 1.63. The molecule has 1 aromatic carbocycles. The average molecular weight is 198 g/mol. The van der Waals surface area contributed by atoms with Gasteiger partial charge in [0.1, 0.15) is 0 Å². The summed E-state index contributed by atoms with van der Waals surface area (Å²) in [6, 6.07) is 10.9. The molecule has 15 heavy (non-hydrogen) atoms. The second-order valence-corrected chi connectivity index (χ2v) is 4.02. The van der Waals surface area contributed by atoms with Crippen molar-refractivity contribution in [2.45, 2.75) is 13.0 Å². The van der Waals surface area contributed by atoms with Crippen LogP contribution in [-0.2, 0) is 13.0 Å². The zero-order valence-corrected chi connectivity index (χ0v) is 8.61. The molecular weight excluding hydrogens is 184 g/mol. The van der Waals surface area contributed by atoms with Crippen molar-refractivity contribution in [2.24, 2.45) is 0 Å². The first kappa shape index (κ1) is 8.60. The van der Waals surface area contributed by atoms with E-state index < -0.39 is 0 Å². The summed E-state index contributed by atoms with van der Waals surface area (Å²) in [5, 5.41) is 3.41. The Labute approximate surface area is 89.5 Å². The first-order chi connectivity index (χ1) is 7.42. The van der Waals surface area contributed by atoms with Crippen LogP contribution in [0.5, 0.6) is 0 Å². The van der Waals surface area contributed by atoms with E-state index in [1.807, 2.05) is 0 Å². The first-order valence-electron chi connectivity index (χ1n) is 5.38. The van der Waals surface area contributed by atoms with Crippen LogP contribution in [0.25, 0.3) is 0 Å². The highest BCUT2D eigenvalue weighted by atomic mass is 14.9. The van der Waals surface area contributed by atoms with E-state index in [2.05, 4.69) is 52.6 Å². The molecule has 0 radical (unpaired) electrons. The molecule has 0 fully saturated rings. The van der Waals surface area contributed by atoms with Gasteiger partial charge in [-0.25, -0.2) is 0 Å². The van der Waals surface area contributed by atoms with Crippen LogP contribution >= 0.6 is 0 Å². The summed E-state index contributed by atoms with van der Waals surface area (Å²) in [6.07, 6.45) is 5.36. The Hall–Kier alpha value is -1.70. The molecule has 76 valence electrons. The lowest BCUT2D eigenvalue weighted by Crippen LogP contribution is -1.97. The predicted octanol–water partition coefficient (Wildman–Crippen LogP) is 2.50. The number of fused-ring (bicyclic) bond motifs is 1. The van der Waals surface area contributed by atoms with Crippen LogP contribution < -0.4 is 5.32 Å². The summed E-state index contributed by atoms with van der Waals surface area (Å²) in [6.45, 7) is 2.05. The van der Waals surface area contributed by atoms with Gasteiger partial charge in [-0.2, -0.15) is 0 Å². The molecule has 2 aromatic rings. The van der Waals surface area contributed by atoms with Gasteiger partial charge >= 0.3 is 0 Å². The Morgan fingerprint density at radius 1 is 1.20 bits per heavy atom. The van der Waals surface area contributed by atoms with Gasteiger partial charge in [-0.3, -0.25) is 0 Å².